The lowest BCUT2D eigenvalue weighted by Crippen LogP contribution is -2.00. The molecule has 0 bridgehead atoms. The summed E-state index contributed by atoms with van der Waals surface area (Å²) < 4.78 is 4.77. The van der Waals surface area contributed by atoms with Gasteiger partial charge in [0.25, 0.3) is 0 Å². The van der Waals surface area contributed by atoms with Gasteiger partial charge in [0.15, 0.2) is 0 Å². The first-order chi connectivity index (χ1) is 12.8. The second-order valence-corrected chi connectivity index (χ2v) is 7.51. The van der Waals surface area contributed by atoms with E-state index in [1.807, 2.05) is 0 Å². The fraction of sp³-hybridized carbons (Fsp3) is 0.0833. The van der Waals surface area contributed by atoms with Crippen molar-refractivity contribution >= 4 is 38.5 Å². The zero-order valence-corrected chi connectivity index (χ0v) is 14.7. The molecule has 0 saturated heterocycles. The van der Waals surface area contributed by atoms with Gasteiger partial charge in [-0.05, 0) is 23.3 Å². The number of hydrogen-bond acceptors (Lipinski definition) is 0. The Morgan fingerprint density at radius 2 is 1.04 bits per heavy atom. The Labute approximate surface area is 151 Å². The third kappa shape index (κ3) is 1.15. The number of aryl methyl sites for hydroxylation is 2. The highest BCUT2D eigenvalue weighted by Gasteiger charge is 2.43. The lowest BCUT2D eigenvalue weighted by Gasteiger charge is -2.08. The summed E-state index contributed by atoms with van der Waals surface area (Å²) in [5, 5.41) is 2.72. The monoisotopic (exact) mass is 332 g/mol. The van der Waals surface area contributed by atoms with Crippen molar-refractivity contribution in [2.24, 2.45) is 14.1 Å². The Kier molecular flexibility index (Phi) is 1.97. The predicted octanol–water partition coefficient (Wildman–Crippen LogP) is 5.28. The molecular weight excluding hydrogens is 316 g/mol. The van der Waals surface area contributed by atoms with Crippen molar-refractivity contribution in [1.82, 2.24) is 9.13 Å². The zero-order valence-electron chi connectivity index (χ0n) is 14.7. The lowest BCUT2D eigenvalue weighted by atomic mass is 9.98. The van der Waals surface area contributed by atoms with Crippen molar-refractivity contribution in [2.75, 3.05) is 0 Å². The van der Waals surface area contributed by atoms with Crippen LogP contribution in [0.15, 0.2) is 66.3 Å². The zero-order chi connectivity index (χ0) is 17.2. The van der Waals surface area contributed by atoms with Gasteiger partial charge in [-0.2, -0.15) is 0 Å². The van der Waals surface area contributed by atoms with E-state index in [2.05, 4.69) is 83.9 Å². The first-order valence-corrected chi connectivity index (χ1v) is 9.10. The summed E-state index contributed by atoms with van der Waals surface area (Å²) in [4.78, 5) is 0. The number of fused-ring (bicyclic) bond motifs is 10. The van der Waals surface area contributed by atoms with Crippen LogP contribution >= 0.6 is 0 Å². The second kappa shape index (κ2) is 3.94. The molecule has 2 heterocycles. The van der Waals surface area contributed by atoms with Crippen molar-refractivity contribution in [3.63, 3.8) is 0 Å². The highest BCUT2D eigenvalue weighted by molar-refractivity contribution is 6.28. The minimum absolute atomic E-state index is 1.31. The molecule has 2 aromatic carbocycles. The average molecular weight is 332 g/mol. The van der Waals surface area contributed by atoms with E-state index in [9.17, 15) is 0 Å². The van der Waals surface area contributed by atoms with Crippen LogP contribution in [0, 0.1) is 0 Å². The first-order valence-electron chi connectivity index (χ1n) is 9.10. The van der Waals surface area contributed by atoms with Crippen molar-refractivity contribution in [2.45, 2.75) is 0 Å². The minimum atomic E-state index is 1.31. The second-order valence-electron chi connectivity index (χ2n) is 7.51. The van der Waals surface area contributed by atoms with E-state index < -0.39 is 0 Å². The molecule has 0 unspecified atom stereocenters. The quantitative estimate of drug-likeness (QED) is 0.415. The lowest BCUT2D eigenvalue weighted by molar-refractivity contribution is 0.922. The van der Waals surface area contributed by atoms with Crippen LogP contribution in [0.1, 0.15) is 22.5 Å². The maximum atomic E-state index is 2.39. The van der Waals surface area contributed by atoms with Crippen LogP contribution < -0.4 is 0 Å². The topological polar surface area (TPSA) is 9.86 Å². The fourth-order valence-electron chi connectivity index (χ4n) is 5.43. The van der Waals surface area contributed by atoms with E-state index in [-0.39, 0.29) is 0 Å². The van der Waals surface area contributed by atoms with Gasteiger partial charge in [0.1, 0.15) is 0 Å². The molecular formula is C24H16N2. The molecule has 0 amide bonds. The maximum absolute atomic E-state index is 2.39. The van der Waals surface area contributed by atoms with Crippen LogP contribution in [-0.2, 0) is 14.1 Å². The SMILES string of the molecule is Cn1c2c(c3ccccc31)C1=CC=C3C1=C2c1c3c2ccccc2n1C. The summed E-state index contributed by atoms with van der Waals surface area (Å²) in [6.45, 7) is 0. The van der Waals surface area contributed by atoms with Gasteiger partial charge >= 0.3 is 0 Å². The highest BCUT2D eigenvalue weighted by Crippen LogP contribution is 2.61. The summed E-state index contributed by atoms with van der Waals surface area (Å²) in [7, 11) is 4.42. The molecule has 0 N–H and O–H groups in total. The Morgan fingerprint density at radius 3 is 1.54 bits per heavy atom. The number of para-hydroxylation sites is 2. The Bertz CT molecular complexity index is 1320. The minimum Gasteiger partial charge on any atom is -0.343 e. The highest BCUT2D eigenvalue weighted by atomic mass is 15.0. The van der Waals surface area contributed by atoms with Crippen LogP contribution in [-0.4, -0.2) is 9.13 Å². The predicted molar refractivity (Wildman–Crippen MR) is 108 cm³/mol. The molecule has 0 saturated carbocycles. The van der Waals surface area contributed by atoms with Gasteiger partial charge in [0.2, 0.25) is 0 Å². The third-order valence-corrected chi connectivity index (χ3v) is 6.43. The Balaban J connectivity index is 1.70. The van der Waals surface area contributed by atoms with Gasteiger partial charge in [0.05, 0.1) is 11.4 Å². The standard InChI is InChI=1S/C24H16N2/c1-25-17-9-5-3-7-13(17)20-15-11-12-16-19(15)22(23(20)25)24-21(16)14-8-4-6-10-18(14)26(24)2/h3-12H,1-2H3. The molecule has 26 heavy (non-hydrogen) atoms. The summed E-state index contributed by atoms with van der Waals surface area (Å²) >= 11 is 0. The molecule has 122 valence electrons. The third-order valence-electron chi connectivity index (χ3n) is 6.43. The van der Waals surface area contributed by atoms with E-state index in [0.717, 1.165) is 0 Å². The van der Waals surface area contributed by atoms with Gasteiger partial charge < -0.3 is 9.13 Å². The van der Waals surface area contributed by atoms with Crippen LogP contribution in [0.2, 0.25) is 0 Å². The molecule has 0 radical (unpaired) electrons. The molecule has 2 heteroatoms. The van der Waals surface area contributed by atoms with Crippen molar-refractivity contribution in [3.8, 4) is 0 Å². The summed E-state index contributed by atoms with van der Waals surface area (Å²) in [6, 6.07) is 17.6. The number of hydrogen-bond donors (Lipinski definition) is 0. The van der Waals surface area contributed by atoms with Crippen LogP contribution in [0.4, 0.5) is 0 Å². The van der Waals surface area contributed by atoms with Crippen molar-refractivity contribution in [3.05, 3.63) is 88.8 Å². The van der Waals surface area contributed by atoms with Crippen LogP contribution in [0.3, 0.4) is 0 Å². The van der Waals surface area contributed by atoms with Gasteiger partial charge in [-0.1, -0.05) is 48.6 Å². The molecule has 7 rings (SSSR count). The maximum Gasteiger partial charge on any atom is 0.0596 e. The van der Waals surface area contributed by atoms with Gasteiger partial charge in [0, 0.05) is 58.2 Å². The van der Waals surface area contributed by atoms with Crippen LogP contribution in [0.25, 0.3) is 38.5 Å². The molecule has 0 aliphatic heterocycles. The van der Waals surface area contributed by atoms with Gasteiger partial charge in [-0.25, -0.2) is 0 Å². The summed E-state index contributed by atoms with van der Waals surface area (Å²) in [5.74, 6) is 0. The number of nitrogens with zero attached hydrogens (tertiary/aromatic N) is 2. The fourth-order valence-corrected chi connectivity index (χ4v) is 5.43. The van der Waals surface area contributed by atoms with E-state index in [1.165, 1.54) is 66.6 Å². The van der Waals surface area contributed by atoms with Crippen LogP contribution in [0.5, 0.6) is 0 Å². The smallest absolute Gasteiger partial charge is 0.0596 e. The largest absolute Gasteiger partial charge is 0.343 e. The van der Waals surface area contributed by atoms with E-state index in [0.29, 0.717) is 0 Å². The average Bonchev–Trinajstić information content (AvgIpc) is 3.40. The summed E-state index contributed by atoms with van der Waals surface area (Å²) in [5.41, 5.74) is 13.9. The molecule has 0 spiro atoms. The normalized spacial score (nSPS) is 16.4. The van der Waals surface area contributed by atoms with E-state index in [1.54, 1.807) is 0 Å². The molecule has 0 atom stereocenters. The number of aromatic nitrogens is 2. The molecule has 2 aromatic heterocycles. The summed E-state index contributed by atoms with van der Waals surface area (Å²) in [6.07, 6.45) is 4.65. The van der Waals surface area contributed by atoms with Crippen molar-refractivity contribution < 1.29 is 0 Å². The Morgan fingerprint density at radius 1 is 0.577 bits per heavy atom. The number of allylic oxidation sites excluding steroid dienone is 5. The number of rotatable bonds is 0. The molecule has 3 aliphatic carbocycles. The molecule has 2 nitrogen and oxygen atoms in total. The number of benzene rings is 2. The first kappa shape index (κ1) is 13.0. The van der Waals surface area contributed by atoms with Gasteiger partial charge in [-0.3, -0.25) is 0 Å². The van der Waals surface area contributed by atoms with Gasteiger partial charge in [-0.15, -0.1) is 0 Å². The molecule has 3 aliphatic rings. The van der Waals surface area contributed by atoms with E-state index in [4.69, 9.17) is 0 Å². The van der Waals surface area contributed by atoms with E-state index >= 15 is 0 Å². The van der Waals surface area contributed by atoms with Crippen molar-refractivity contribution in [1.29, 1.82) is 0 Å². The molecule has 0 fully saturated rings. The Hall–Kier alpha value is -3.26. The molecule has 4 aromatic rings.